The lowest BCUT2D eigenvalue weighted by atomic mass is 9.68. The molecule has 0 bridgehead atoms. The third-order valence-corrected chi connectivity index (χ3v) is 6.73. The van der Waals surface area contributed by atoms with E-state index in [1.54, 1.807) is 0 Å². The Balaban J connectivity index is 2.05. The van der Waals surface area contributed by atoms with Crippen LogP contribution in [0.25, 0.3) is 0 Å². The van der Waals surface area contributed by atoms with Gasteiger partial charge in [-0.1, -0.05) is 48.0 Å². The molecule has 122 valence electrons. The molecule has 21 heavy (non-hydrogen) atoms. The summed E-state index contributed by atoms with van der Waals surface area (Å²) < 4.78 is 6.08. The van der Waals surface area contributed by atoms with Gasteiger partial charge in [0.15, 0.2) is 0 Å². The molecule has 2 fully saturated rings. The highest BCUT2D eigenvalue weighted by atomic mass is 16.5. The van der Waals surface area contributed by atoms with Crippen LogP contribution in [-0.4, -0.2) is 12.1 Å². The van der Waals surface area contributed by atoms with Crippen molar-refractivity contribution in [3.05, 3.63) is 0 Å². The first-order chi connectivity index (χ1) is 9.82. The molecule has 2 aliphatic rings. The predicted octanol–water partition coefficient (Wildman–Crippen LogP) is 4.92. The minimum atomic E-state index is 0.0827. The van der Waals surface area contributed by atoms with Gasteiger partial charge in [0.2, 0.25) is 0 Å². The van der Waals surface area contributed by atoms with Gasteiger partial charge in [-0.2, -0.15) is 0 Å². The third kappa shape index (κ3) is 3.46. The molecule has 0 heterocycles. The molecule has 0 aromatic heterocycles. The fourth-order valence-corrected chi connectivity index (χ4v) is 4.52. The maximum Gasteiger partial charge on any atom is 0.309 e. The highest BCUT2D eigenvalue weighted by molar-refractivity contribution is 5.73. The predicted molar refractivity (Wildman–Crippen MR) is 86.8 cm³/mol. The second kappa shape index (κ2) is 6.71. The van der Waals surface area contributed by atoms with Crippen LogP contribution in [0.1, 0.15) is 67.2 Å². The van der Waals surface area contributed by atoms with E-state index in [0.717, 1.165) is 6.42 Å². The fraction of sp³-hybridized carbons (Fsp3) is 0.947. The minimum absolute atomic E-state index is 0.0827. The zero-order valence-corrected chi connectivity index (χ0v) is 14.8. The van der Waals surface area contributed by atoms with E-state index in [9.17, 15) is 4.79 Å². The smallest absolute Gasteiger partial charge is 0.309 e. The summed E-state index contributed by atoms with van der Waals surface area (Å²) in [6.45, 7) is 13.6. The Kier molecular flexibility index (Phi) is 5.38. The summed E-state index contributed by atoms with van der Waals surface area (Å²) in [6.07, 6.45) is 4.99. The van der Waals surface area contributed by atoms with Crippen molar-refractivity contribution in [1.82, 2.24) is 0 Å². The lowest BCUT2D eigenvalue weighted by Gasteiger charge is -2.42. The SMILES string of the molecule is CC1CCC(C)C(OC(=O)C2C(C)CCC(C)C2C)C1C. The normalized spacial score (nSPS) is 47.9. The number of rotatable bonds is 2. The number of ether oxygens (including phenoxy) is 1. The van der Waals surface area contributed by atoms with Crippen molar-refractivity contribution in [2.45, 2.75) is 73.3 Å². The Labute approximate surface area is 131 Å². The first kappa shape index (κ1) is 16.8. The molecule has 0 aromatic carbocycles. The molecule has 2 nitrogen and oxygen atoms in total. The van der Waals surface area contributed by atoms with Crippen molar-refractivity contribution in [3.8, 4) is 0 Å². The molecular formula is C19H34O2. The molecule has 2 saturated carbocycles. The van der Waals surface area contributed by atoms with Crippen LogP contribution in [-0.2, 0) is 9.53 Å². The van der Waals surface area contributed by atoms with E-state index in [1.807, 2.05) is 0 Å². The van der Waals surface area contributed by atoms with Gasteiger partial charge in [0.1, 0.15) is 6.10 Å². The summed E-state index contributed by atoms with van der Waals surface area (Å²) in [4.78, 5) is 12.8. The van der Waals surface area contributed by atoms with Crippen LogP contribution in [0.2, 0.25) is 0 Å². The van der Waals surface area contributed by atoms with Gasteiger partial charge < -0.3 is 4.74 Å². The molecule has 8 unspecified atom stereocenters. The molecule has 0 spiro atoms. The van der Waals surface area contributed by atoms with E-state index in [-0.39, 0.29) is 18.0 Å². The second-order valence-electron chi connectivity index (χ2n) is 8.21. The van der Waals surface area contributed by atoms with E-state index in [4.69, 9.17) is 4.74 Å². The fourth-order valence-electron chi connectivity index (χ4n) is 4.52. The summed E-state index contributed by atoms with van der Waals surface area (Å²) in [5.74, 6) is 3.40. The second-order valence-corrected chi connectivity index (χ2v) is 8.21. The lowest BCUT2D eigenvalue weighted by Crippen LogP contribution is -2.43. The van der Waals surface area contributed by atoms with Crippen molar-refractivity contribution in [3.63, 3.8) is 0 Å². The molecular weight excluding hydrogens is 260 g/mol. The van der Waals surface area contributed by atoms with Gasteiger partial charge >= 0.3 is 5.97 Å². The Hall–Kier alpha value is -0.530. The maximum atomic E-state index is 12.8. The molecule has 0 saturated heterocycles. The molecule has 0 N–H and O–H groups in total. The number of carbonyl (C=O) groups excluding carboxylic acids is 1. The average Bonchev–Trinajstić information content (AvgIpc) is 2.44. The van der Waals surface area contributed by atoms with Gasteiger partial charge in [0.05, 0.1) is 5.92 Å². The number of hydrogen-bond acceptors (Lipinski definition) is 2. The van der Waals surface area contributed by atoms with Crippen molar-refractivity contribution in [2.24, 2.45) is 41.4 Å². The van der Waals surface area contributed by atoms with Crippen molar-refractivity contribution in [2.75, 3.05) is 0 Å². The standard InChI is InChI=1S/C19H34O2/c1-11-7-9-13(3)17(15(11)5)19(20)21-18-14(4)10-8-12(2)16(18)6/h11-18H,7-10H2,1-6H3. The lowest BCUT2D eigenvalue weighted by molar-refractivity contribution is -0.170. The number of carbonyl (C=O) groups is 1. The minimum Gasteiger partial charge on any atom is -0.462 e. The van der Waals surface area contributed by atoms with Crippen LogP contribution in [0, 0.1) is 41.4 Å². The Bertz CT molecular complexity index is 365. The van der Waals surface area contributed by atoms with Crippen molar-refractivity contribution < 1.29 is 9.53 Å². The van der Waals surface area contributed by atoms with E-state index >= 15 is 0 Å². The summed E-state index contributed by atoms with van der Waals surface area (Å²) in [7, 11) is 0. The van der Waals surface area contributed by atoms with E-state index < -0.39 is 0 Å². The molecule has 0 aromatic rings. The van der Waals surface area contributed by atoms with Gasteiger partial charge in [-0.25, -0.2) is 0 Å². The number of esters is 1. The molecule has 0 amide bonds. The first-order valence-corrected chi connectivity index (χ1v) is 9.03. The van der Waals surface area contributed by atoms with Gasteiger partial charge in [-0.05, 0) is 54.8 Å². The zero-order valence-electron chi connectivity index (χ0n) is 14.8. The first-order valence-electron chi connectivity index (χ1n) is 9.03. The molecule has 2 rings (SSSR count). The topological polar surface area (TPSA) is 26.3 Å². The monoisotopic (exact) mass is 294 g/mol. The Morgan fingerprint density at radius 1 is 0.714 bits per heavy atom. The highest BCUT2D eigenvalue weighted by Gasteiger charge is 2.41. The largest absolute Gasteiger partial charge is 0.462 e. The van der Waals surface area contributed by atoms with Crippen LogP contribution in [0.15, 0.2) is 0 Å². The van der Waals surface area contributed by atoms with Crippen LogP contribution in [0.5, 0.6) is 0 Å². The van der Waals surface area contributed by atoms with E-state index in [1.165, 1.54) is 19.3 Å². The average molecular weight is 294 g/mol. The Morgan fingerprint density at radius 2 is 1.19 bits per heavy atom. The van der Waals surface area contributed by atoms with Crippen LogP contribution in [0.4, 0.5) is 0 Å². The maximum absolute atomic E-state index is 12.8. The zero-order chi connectivity index (χ0) is 15.7. The third-order valence-electron chi connectivity index (χ3n) is 6.73. The van der Waals surface area contributed by atoms with Crippen molar-refractivity contribution in [1.29, 1.82) is 0 Å². The van der Waals surface area contributed by atoms with Crippen molar-refractivity contribution >= 4 is 5.97 Å². The van der Waals surface area contributed by atoms with E-state index in [2.05, 4.69) is 41.5 Å². The quantitative estimate of drug-likeness (QED) is 0.676. The number of hydrogen-bond donors (Lipinski definition) is 0. The summed E-state index contributed by atoms with van der Waals surface area (Å²) >= 11 is 0. The molecule has 2 heteroatoms. The molecule has 2 aliphatic carbocycles. The summed E-state index contributed by atoms with van der Waals surface area (Å²) in [5, 5.41) is 0. The van der Waals surface area contributed by atoms with Gasteiger partial charge in [-0.3, -0.25) is 4.79 Å². The molecule has 8 atom stereocenters. The van der Waals surface area contributed by atoms with Gasteiger partial charge in [0.25, 0.3) is 0 Å². The van der Waals surface area contributed by atoms with Crippen LogP contribution >= 0.6 is 0 Å². The highest BCUT2D eigenvalue weighted by Crippen LogP contribution is 2.41. The van der Waals surface area contributed by atoms with Crippen LogP contribution < -0.4 is 0 Å². The molecule has 0 aliphatic heterocycles. The van der Waals surface area contributed by atoms with Gasteiger partial charge in [-0.15, -0.1) is 0 Å². The van der Waals surface area contributed by atoms with Crippen LogP contribution in [0.3, 0.4) is 0 Å². The molecule has 0 radical (unpaired) electrons. The van der Waals surface area contributed by atoms with E-state index in [0.29, 0.717) is 35.5 Å². The Morgan fingerprint density at radius 3 is 1.81 bits per heavy atom. The van der Waals surface area contributed by atoms with Gasteiger partial charge in [0, 0.05) is 0 Å². The summed E-state index contributed by atoms with van der Waals surface area (Å²) in [6, 6.07) is 0. The summed E-state index contributed by atoms with van der Waals surface area (Å²) in [5.41, 5.74) is 0.